The summed E-state index contributed by atoms with van der Waals surface area (Å²) in [4.78, 5) is 18.5. The maximum absolute atomic E-state index is 11.9. The molecule has 1 N–H and O–H groups in total. The van der Waals surface area contributed by atoms with Crippen molar-refractivity contribution in [3.8, 4) is 5.75 Å². The van der Waals surface area contributed by atoms with E-state index in [0.717, 1.165) is 37.3 Å². The average Bonchev–Trinajstić information content (AvgIpc) is 3.20. The van der Waals surface area contributed by atoms with Crippen molar-refractivity contribution in [2.75, 3.05) is 32.6 Å². The molecule has 0 spiro atoms. The molecule has 1 amide bonds. The second-order valence-electron chi connectivity index (χ2n) is 6.25. The summed E-state index contributed by atoms with van der Waals surface area (Å²) in [5, 5.41) is 2.89. The highest BCUT2D eigenvalue weighted by atomic mass is 16.5. The topological polar surface area (TPSA) is 63.7 Å². The summed E-state index contributed by atoms with van der Waals surface area (Å²) in [6.07, 6.45) is 2.97. The lowest BCUT2D eigenvalue weighted by atomic mass is 10.2. The molecule has 120 valence electrons. The first-order valence-corrected chi connectivity index (χ1v) is 7.82. The molecule has 1 unspecified atom stereocenters. The Balaban J connectivity index is 1.73. The van der Waals surface area contributed by atoms with Gasteiger partial charge >= 0.3 is 0 Å². The van der Waals surface area contributed by atoms with Crippen molar-refractivity contribution in [1.29, 1.82) is 0 Å². The van der Waals surface area contributed by atoms with Gasteiger partial charge in [-0.2, -0.15) is 0 Å². The molecule has 0 radical (unpaired) electrons. The van der Waals surface area contributed by atoms with E-state index in [1.54, 1.807) is 0 Å². The number of pyridine rings is 1. The summed E-state index contributed by atoms with van der Waals surface area (Å²) in [7, 11) is 3.97. The number of amides is 1. The van der Waals surface area contributed by atoms with Crippen LogP contribution in [-0.4, -0.2) is 49.2 Å². The lowest BCUT2D eigenvalue weighted by Crippen LogP contribution is -2.20. The zero-order valence-corrected chi connectivity index (χ0v) is 13.2. The van der Waals surface area contributed by atoms with Gasteiger partial charge in [0.15, 0.2) is 0 Å². The van der Waals surface area contributed by atoms with E-state index < -0.39 is 0 Å². The van der Waals surface area contributed by atoms with E-state index in [4.69, 9.17) is 9.47 Å². The zero-order valence-electron chi connectivity index (χ0n) is 13.2. The summed E-state index contributed by atoms with van der Waals surface area (Å²) < 4.78 is 11.3. The molecule has 1 aliphatic carbocycles. The highest BCUT2D eigenvalue weighted by Crippen LogP contribution is 2.30. The molecule has 2 fully saturated rings. The van der Waals surface area contributed by atoms with Crippen molar-refractivity contribution < 1.29 is 14.3 Å². The maximum atomic E-state index is 11.9. The number of carbonyl (C=O) groups is 1. The monoisotopic (exact) mass is 305 g/mol. The van der Waals surface area contributed by atoms with Gasteiger partial charge in [-0.15, -0.1) is 0 Å². The number of carbonyl (C=O) groups excluding carboxylic acids is 1. The minimum atomic E-state index is 0.0705. The van der Waals surface area contributed by atoms with E-state index in [9.17, 15) is 4.79 Å². The summed E-state index contributed by atoms with van der Waals surface area (Å²) >= 11 is 0. The summed E-state index contributed by atoms with van der Waals surface area (Å²) in [5.41, 5.74) is 0.838. The van der Waals surface area contributed by atoms with E-state index in [0.29, 0.717) is 19.0 Å². The Hall–Kier alpha value is -1.66. The van der Waals surface area contributed by atoms with E-state index in [2.05, 4.69) is 10.3 Å². The van der Waals surface area contributed by atoms with Gasteiger partial charge in [0.05, 0.1) is 18.9 Å². The largest absolute Gasteiger partial charge is 0.486 e. The van der Waals surface area contributed by atoms with Gasteiger partial charge in [0.2, 0.25) is 5.91 Å². The fourth-order valence-corrected chi connectivity index (χ4v) is 2.44. The molecule has 1 saturated carbocycles. The lowest BCUT2D eigenvalue weighted by molar-refractivity contribution is -0.117. The molecule has 1 aromatic heterocycles. The third-order valence-electron chi connectivity index (χ3n) is 3.78. The van der Waals surface area contributed by atoms with Crippen LogP contribution in [0.3, 0.4) is 0 Å². The third kappa shape index (κ3) is 3.96. The molecule has 22 heavy (non-hydrogen) atoms. The van der Waals surface area contributed by atoms with Crippen LogP contribution in [0.2, 0.25) is 0 Å². The number of ether oxygens (including phenoxy) is 2. The fourth-order valence-electron chi connectivity index (χ4n) is 2.44. The highest BCUT2D eigenvalue weighted by molar-refractivity contribution is 5.93. The number of rotatable bonds is 6. The molecule has 1 aromatic rings. The predicted octanol–water partition coefficient (Wildman–Crippen LogP) is 1.66. The second-order valence-corrected chi connectivity index (χ2v) is 6.25. The summed E-state index contributed by atoms with van der Waals surface area (Å²) in [6.45, 7) is 2.04. The first-order valence-electron chi connectivity index (χ1n) is 7.82. The zero-order chi connectivity index (χ0) is 15.5. The van der Waals surface area contributed by atoms with E-state index in [1.165, 1.54) is 0 Å². The van der Waals surface area contributed by atoms with Crippen molar-refractivity contribution in [3.05, 3.63) is 17.8 Å². The average molecular weight is 305 g/mol. The molecule has 1 aliphatic heterocycles. The van der Waals surface area contributed by atoms with Gasteiger partial charge in [-0.1, -0.05) is 0 Å². The summed E-state index contributed by atoms with van der Waals surface area (Å²) in [6, 6.07) is 3.71. The Labute approximate surface area is 130 Å². The normalized spacial score (nSPS) is 21.1. The molecule has 0 bridgehead atoms. The van der Waals surface area contributed by atoms with Crippen molar-refractivity contribution in [1.82, 2.24) is 9.88 Å². The fraction of sp³-hybridized carbons (Fsp3) is 0.625. The number of anilines is 1. The first kappa shape index (κ1) is 15.2. The molecule has 3 rings (SSSR count). The molecule has 0 aromatic carbocycles. The number of hydrogen-bond donors (Lipinski definition) is 1. The number of nitrogens with zero attached hydrogens (tertiary/aromatic N) is 2. The molecule has 2 heterocycles. The van der Waals surface area contributed by atoms with Gasteiger partial charge in [0, 0.05) is 18.9 Å². The van der Waals surface area contributed by atoms with Crippen LogP contribution >= 0.6 is 0 Å². The number of hydrogen-bond acceptors (Lipinski definition) is 5. The Morgan fingerprint density at radius 2 is 2.23 bits per heavy atom. The van der Waals surface area contributed by atoms with Crippen LogP contribution in [0, 0.1) is 5.92 Å². The van der Waals surface area contributed by atoms with Crippen molar-refractivity contribution in [3.63, 3.8) is 0 Å². The Bertz CT molecular complexity index is 537. The van der Waals surface area contributed by atoms with E-state index >= 15 is 0 Å². The quantitative estimate of drug-likeness (QED) is 0.866. The molecular formula is C16H23N3O3. The first-order chi connectivity index (χ1) is 10.6. The highest BCUT2D eigenvalue weighted by Gasteiger charge is 2.30. The van der Waals surface area contributed by atoms with Gasteiger partial charge in [-0.3, -0.25) is 4.79 Å². The third-order valence-corrected chi connectivity index (χ3v) is 3.78. The van der Waals surface area contributed by atoms with Crippen molar-refractivity contribution in [2.24, 2.45) is 5.92 Å². The van der Waals surface area contributed by atoms with Crippen LogP contribution in [0.25, 0.3) is 0 Å². The van der Waals surface area contributed by atoms with Gasteiger partial charge in [0.25, 0.3) is 0 Å². The van der Waals surface area contributed by atoms with E-state index in [-0.39, 0.29) is 17.9 Å². The number of aromatic nitrogens is 1. The SMILES string of the molecule is CN(C)Cc1nc(NC(=O)C2CC2)ccc1OC1CCOC1. The Kier molecular flexibility index (Phi) is 4.59. The molecule has 6 nitrogen and oxygen atoms in total. The molecule has 1 saturated heterocycles. The van der Waals surface area contributed by atoms with Crippen LogP contribution in [0.1, 0.15) is 25.0 Å². The molecule has 1 atom stereocenters. The van der Waals surface area contributed by atoms with Crippen LogP contribution in [0.4, 0.5) is 5.82 Å². The van der Waals surface area contributed by atoms with Gasteiger partial charge in [-0.05, 0) is 39.1 Å². The standard InChI is InChI=1S/C16H23N3O3/c1-19(2)9-13-14(22-12-7-8-21-10-12)5-6-15(17-13)18-16(20)11-3-4-11/h5-6,11-12H,3-4,7-10H2,1-2H3,(H,17,18,20). The van der Waals surface area contributed by atoms with Crippen LogP contribution < -0.4 is 10.1 Å². The van der Waals surface area contributed by atoms with Gasteiger partial charge in [-0.25, -0.2) is 4.98 Å². The lowest BCUT2D eigenvalue weighted by Gasteiger charge is -2.18. The minimum absolute atomic E-state index is 0.0705. The number of nitrogens with one attached hydrogen (secondary N) is 1. The second kappa shape index (κ2) is 6.62. The summed E-state index contributed by atoms with van der Waals surface area (Å²) in [5.74, 6) is 1.62. The molecule has 2 aliphatic rings. The molecular weight excluding hydrogens is 282 g/mol. The van der Waals surface area contributed by atoms with Gasteiger partial charge < -0.3 is 19.7 Å². The van der Waals surface area contributed by atoms with Crippen LogP contribution in [0.15, 0.2) is 12.1 Å². The molecule has 6 heteroatoms. The van der Waals surface area contributed by atoms with Gasteiger partial charge in [0.1, 0.15) is 17.7 Å². The van der Waals surface area contributed by atoms with E-state index in [1.807, 2.05) is 31.1 Å². The Morgan fingerprint density at radius 1 is 1.41 bits per heavy atom. The Morgan fingerprint density at radius 3 is 2.86 bits per heavy atom. The van der Waals surface area contributed by atoms with Crippen molar-refractivity contribution >= 4 is 11.7 Å². The predicted molar refractivity (Wildman–Crippen MR) is 82.8 cm³/mol. The van der Waals surface area contributed by atoms with Crippen LogP contribution in [0.5, 0.6) is 5.75 Å². The van der Waals surface area contributed by atoms with Crippen LogP contribution in [-0.2, 0) is 16.1 Å². The van der Waals surface area contributed by atoms with Crippen molar-refractivity contribution in [2.45, 2.75) is 31.9 Å². The maximum Gasteiger partial charge on any atom is 0.228 e. The smallest absolute Gasteiger partial charge is 0.228 e. The minimum Gasteiger partial charge on any atom is -0.486 e.